The summed E-state index contributed by atoms with van der Waals surface area (Å²) in [5.74, 6) is -0.307. The highest BCUT2D eigenvalue weighted by Crippen LogP contribution is 2.29. The molecule has 0 spiro atoms. The van der Waals surface area contributed by atoms with E-state index in [2.05, 4.69) is 20.3 Å². The Morgan fingerprint density at radius 3 is 2.56 bits per heavy atom. The highest BCUT2D eigenvalue weighted by Gasteiger charge is 2.22. The number of hydrogen-bond acceptors (Lipinski definition) is 5. The summed E-state index contributed by atoms with van der Waals surface area (Å²) in [6.07, 6.45) is 5.81. The van der Waals surface area contributed by atoms with Gasteiger partial charge in [-0.3, -0.25) is 9.36 Å². The molecule has 0 aliphatic heterocycles. The lowest BCUT2D eigenvalue weighted by Crippen LogP contribution is -2.25. The van der Waals surface area contributed by atoms with Crippen molar-refractivity contribution in [1.82, 2.24) is 29.4 Å². The highest BCUT2D eigenvalue weighted by molar-refractivity contribution is 5.83. The zero-order valence-corrected chi connectivity index (χ0v) is 14.8. The SMILES string of the molecule is Cc1nn2c(nnc3c(=O)n(C4CCCC4)cnc32)c1-c1ccc(F)cc1. The summed E-state index contributed by atoms with van der Waals surface area (Å²) >= 11 is 0. The number of nitrogens with zero attached hydrogens (tertiary/aromatic N) is 6. The minimum Gasteiger partial charge on any atom is -0.294 e. The van der Waals surface area contributed by atoms with Crippen molar-refractivity contribution in [2.24, 2.45) is 0 Å². The van der Waals surface area contributed by atoms with Crippen LogP contribution in [0.15, 0.2) is 35.4 Å². The predicted molar refractivity (Wildman–Crippen MR) is 98.0 cm³/mol. The molecule has 1 fully saturated rings. The second-order valence-electron chi connectivity index (χ2n) is 6.97. The van der Waals surface area contributed by atoms with E-state index < -0.39 is 0 Å². The van der Waals surface area contributed by atoms with Crippen molar-refractivity contribution >= 4 is 16.8 Å². The van der Waals surface area contributed by atoms with Crippen LogP contribution in [0.3, 0.4) is 0 Å². The van der Waals surface area contributed by atoms with Crippen molar-refractivity contribution < 1.29 is 4.39 Å². The van der Waals surface area contributed by atoms with Gasteiger partial charge in [0.25, 0.3) is 5.56 Å². The van der Waals surface area contributed by atoms with Crippen LogP contribution in [0.25, 0.3) is 27.9 Å². The van der Waals surface area contributed by atoms with E-state index in [1.54, 1.807) is 27.5 Å². The fraction of sp³-hybridized carbons (Fsp3) is 0.316. The van der Waals surface area contributed by atoms with Crippen molar-refractivity contribution in [2.75, 3.05) is 0 Å². The molecular formula is C19H17FN6O. The summed E-state index contributed by atoms with van der Waals surface area (Å²) < 4.78 is 16.5. The third-order valence-corrected chi connectivity index (χ3v) is 5.29. The van der Waals surface area contributed by atoms with Gasteiger partial charge in [0, 0.05) is 6.04 Å². The summed E-state index contributed by atoms with van der Waals surface area (Å²) in [6, 6.07) is 6.32. The van der Waals surface area contributed by atoms with Gasteiger partial charge >= 0.3 is 0 Å². The largest absolute Gasteiger partial charge is 0.294 e. The molecule has 7 nitrogen and oxygen atoms in total. The van der Waals surface area contributed by atoms with Crippen LogP contribution in [0.2, 0.25) is 0 Å². The molecule has 1 aliphatic rings. The molecule has 0 amide bonds. The number of halogens is 1. The van der Waals surface area contributed by atoms with Crippen LogP contribution in [0.5, 0.6) is 0 Å². The van der Waals surface area contributed by atoms with Crippen LogP contribution in [0, 0.1) is 12.7 Å². The van der Waals surface area contributed by atoms with Crippen LogP contribution in [0.1, 0.15) is 37.4 Å². The van der Waals surface area contributed by atoms with E-state index in [4.69, 9.17) is 0 Å². The van der Waals surface area contributed by atoms with Crippen LogP contribution in [-0.2, 0) is 0 Å². The number of benzene rings is 1. The Morgan fingerprint density at radius 1 is 1.07 bits per heavy atom. The average Bonchev–Trinajstić information content (AvgIpc) is 3.30. The van der Waals surface area contributed by atoms with Gasteiger partial charge in [0.15, 0.2) is 16.8 Å². The fourth-order valence-corrected chi connectivity index (χ4v) is 3.94. The van der Waals surface area contributed by atoms with Crippen LogP contribution < -0.4 is 5.56 Å². The molecule has 0 bridgehead atoms. The molecule has 1 aliphatic carbocycles. The third kappa shape index (κ3) is 2.43. The monoisotopic (exact) mass is 364 g/mol. The lowest BCUT2D eigenvalue weighted by Gasteiger charge is -2.12. The number of aromatic nitrogens is 6. The maximum atomic E-state index is 13.3. The van der Waals surface area contributed by atoms with E-state index in [1.165, 1.54) is 12.1 Å². The van der Waals surface area contributed by atoms with Gasteiger partial charge in [-0.1, -0.05) is 25.0 Å². The second kappa shape index (κ2) is 5.94. The van der Waals surface area contributed by atoms with Crippen LogP contribution in [0.4, 0.5) is 4.39 Å². The smallest absolute Gasteiger partial charge is 0.283 e. The van der Waals surface area contributed by atoms with Gasteiger partial charge in [-0.2, -0.15) is 9.61 Å². The third-order valence-electron chi connectivity index (χ3n) is 5.29. The van der Waals surface area contributed by atoms with Crippen molar-refractivity contribution in [3.8, 4) is 11.1 Å². The first kappa shape index (κ1) is 16.0. The first-order valence-corrected chi connectivity index (χ1v) is 9.02. The highest BCUT2D eigenvalue weighted by atomic mass is 19.1. The minimum absolute atomic E-state index is 0.182. The topological polar surface area (TPSA) is 78.0 Å². The molecule has 3 aromatic heterocycles. The van der Waals surface area contributed by atoms with E-state index >= 15 is 0 Å². The second-order valence-corrected chi connectivity index (χ2v) is 6.97. The van der Waals surface area contributed by atoms with Crippen molar-refractivity contribution in [3.63, 3.8) is 0 Å². The summed E-state index contributed by atoms with van der Waals surface area (Å²) in [7, 11) is 0. The number of aryl methyl sites for hydroxylation is 1. The normalized spacial score (nSPS) is 15.2. The zero-order valence-electron chi connectivity index (χ0n) is 14.8. The first-order valence-electron chi connectivity index (χ1n) is 9.02. The molecular weight excluding hydrogens is 347 g/mol. The van der Waals surface area contributed by atoms with E-state index in [0.717, 1.165) is 36.8 Å². The summed E-state index contributed by atoms with van der Waals surface area (Å²) in [6.45, 7) is 1.85. The molecule has 0 unspecified atom stereocenters. The molecule has 0 saturated heterocycles. The van der Waals surface area contributed by atoms with Gasteiger partial charge in [-0.15, -0.1) is 10.2 Å². The average molecular weight is 364 g/mol. The molecule has 136 valence electrons. The molecule has 0 atom stereocenters. The molecule has 5 rings (SSSR count). The lowest BCUT2D eigenvalue weighted by molar-refractivity contribution is 0.497. The number of hydrogen-bond donors (Lipinski definition) is 0. The Morgan fingerprint density at radius 2 is 1.81 bits per heavy atom. The molecule has 4 aromatic rings. The molecule has 1 saturated carbocycles. The molecule has 1 aromatic carbocycles. The molecule has 3 heterocycles. The Balaban J connectivity index is 1.74. The Bertz CT molecular complexity index is 1220. The fourth-order valence-electron chi connectivity index (χ4n) is 3.94. The summed E-state index contributed by atoms with van der Waals surface area (Å²) in [4.78, 5) is 17.4. The summed E-state index contributed by atoms with van der Waals surface area (Å²) in [5, 5.41) is 13.0. The molecule has 0 radical (unpaired) electrons. The Hall–Kier alpha value is -3.16. The lowest BCUT2D eigenvalue weighted by atomic mass is 10.1. The van der Waals surface area contributed by atoms with Crippen molar-refractivity contribution in [1.29, 1.82) is 0 Å². The van der Waals surface area contributed by atoms with Crippen molar-refractivity contribution in [3.05, 3.63) is 52.5 Å². The number of fused-ring (bicyclic) bond motifs is 3. The minimum atomic E-state index is -0.307. The van der Waals surface area contributed by atoms with E-state index in [1.807, 2.05) is 6.92 Å². The van der Waals surface area contributed by atoms with Gasteiger partial charge < -0.3 is 0 Å². The zero-order chi connectivity index (χ0) is 18.5. The standard InChI is InChI=1S/C19H17FN6O/c1-11-15(12-6-8-13(20)9-7-12)17-23-22-16-18(26(17)24-11)21-10-25(19(16)27)14-4-2-3-5-14/h6-10,14H,2-5H2,1H3. The van der Waals surface area contributed by atoms with E-state index in [0.29, 0.717) is 17.0 Å². The molecule has 27 heavy (non-hydrogen) atoms. The van der Waals surface area contributed by atoms with Gasteiger partial charge in [-0.05, 0) is 37.5 Å². The van der Waals surface area contributed by atoms with E-state index in [9.17, 15) is 9.18 Å². The first-order chi connectivity index (χ1) is 13.1. The van der Waals surface area contributed by atoms with Gasteiger partial charge in [0.05, 0.1) is 11.3 Å². The predicted octanol–water partition coefficient (Wildman–Crippen LogP) is 3.06. The quantitative estimate of drug-likeness (QED) is 0.546. The Kier molecular flexibility index (Phi) is 3.53. The van der Waals surface area contributed by atoms with E-state index in [-0.39, 0.29) is 22.9 Å². The van der Waals surface area contributed by atoms with Gasteiger partial charge in [0.2, 0.25) is 0 Å². The van der Waals surface area contributed by atoms with Gasteiger partial charge in [-0.25, -0.2) is 9.37 Å². The molecule has 0 N–H and O–H groups in total. The van der Waals surface area contributed by atoms with Gasteiger partial charge in [0.1, 0.15) is 12.1 Å². The van der Waals surface area contributed by atoms with Crippen LogP contribution >= 0.6 is 0 Å². The Labute approximate surface area is 153 Å². The van der Waals surface area contributed by atoms with Crippen molar-refractivity contribution in [2.45, 2.75) is 38.6 Å². The number of rotatable bonds is 2. The van der Waals surface area contributed by atoms with Crippen LogP contribution in [-0.4, -0.2) is 29.4 Å². The maximum Gasteiger partial charge on any atom is 0.283 e. The maximum absolute atomic E-state index is 13.3. The summed E-state index contributed by atoms with van der Waals surface area (Å²) in [5.41, 5.74) is 3.17. The molecule has 8 heteroatoms.